The summed E-state index contributed by atoms with van der Waals surface area (Å²) < 4.78 is 4.98. The van der Waals surface area contributed by atoms with Crippen LogP contribution >= 0.6 is 0 Å². The number of nitrogens with one attached hydrogen (secondary N) is 1. The molecule has 4 nitrogen and oxygen atoms in total. The molecule has 2 aliphatic rings. The van der Waals surface area contributed by atoms with Crippen molar-refractivity contribution in [1.29, 1.82) is 0 Å². The van der Waals surface area contributed by atoms with Gasteiger partial charge in [-0.1, -0.05) is 48.5 Å². The molecule has 2 atom stereocenters. The number of hydrogen-bond donors (Lipinski definition) is 1. The van der Waals surface area contributed by atoms with E-state index in [-0.39, 0.29) is 17.7 Å². The summed E-state index contributed by atoms with van der Waals surface area (Å²) in [4.78, 5) is 14.0. The Balaban J connectivity index is 1.77. The van der Waals surface area contributed by atoms with E-state index in [0.717, 1.165) is 18.5 Å². The van der Waals surface area contributed by atoms with Gasteiger partial charge in [0.15, 0.2) is 0 Å². The standard InChI is InChI=1S/C19H20N2O2/c1-23-18(22)21-12-11-19(13-14-7-3-2-4-8-14)15-9-5-6-10-16(15)20-17(19)21/h2-10,17,20H,11-13H2,1H3/t17-,19+/m0/s1. The molecule has 1 saturated heterocycles. The van der Waals surface area contributed by atoms with Crippen LogP contribution in [0.4, 0.5) is 10.5 Å². The van der Waals surface area contributed by atoms with Gasteiger partial charge >= 0.3 is 6.09 Å². The highest BCUT2D eigenvalue weighted by Crippen LogP contribution is 2.50. The summed E-state index contributed by atoms with van der Waals surface area (Å²) in [7, 11) is 1.45. The Bertz CT molecular complexity index is 731. The van der Waals surface area contributed by atoms with E-state index in [2.05, 4.69) is 47.8 Å². The molecule has 0 bridgehead atoms. The zero-order valence-electron chi connectivity index (χ0n) is 13.2. The molecular weight excluding hydrogens is 288 g/mol. The first kappa shape index (κ1) is 14.1. The van der Waals surface area contributed by atoms with E-state index in [9.17, 15) is 4.79 Å². The fraction of sp³-hybridized carbons (Fsp3) is 0.316. The second kappa shape index (κ2) is 5.30. The van der Waals surface area contributed by atoms with Gasteiger partial charge in [-0.05, 0) is 30.0 Å². The molecule has 2 aromatic rings. The molecule has 0 unspecified atom stereocenters. The van der Waals surface area contributed by atoms with Crippen LogP contribution in [-0.2, 0) is 16.6 Å². The largest absolute Gasteiger partial charge is 0.453 e. The molecule has 2 heterocycles. The Morgan fingerprint density at radius 2 is 1.96 bits per heavy atom. The number of rotatable bonds is 2. The van der Waals surface area contributed by atoms with Crippen LogP contribution in [0.1, 0.15) is 17.5 Å². The first-order valence-electron chi connectivity index (χ1n) is 7.99. The van der Waals surface area contributed by atoms with Crippen molar-refractivity contribution in [3.8, 4) is 0 Å². The summed E-state index contributed by atoms with van der Waals surface area (Å²) >= 11 is 0. The number of likely N-dealkylation sites (tertiary alicyclic amines) is 1. The van der Waals surface area contributed by atoms with Crippen LogP contribution < -0.4 is 5.32 Å². The van der Waals surface area contributed by atoms with Gasteiger partial charge in [0.25, 0.3) is 0 Å². The van der Waals surface area contributed by atoms with Crippen LogP contribution in [0, 0.1) is 0 Å². The summed E-state index contributed by atoms with van der Waals surface area (Å²) in [6.07, 6.45) is 1.54. The van der Waals surface area contributed by atoms with Crippen molar-refractivity contribution in [3.05, 3.63) is 65.7 Å². The lowest BCUT2D eigenvalue weighted by atomic mass is 9.74. The number of carbonyl (C=O) groups is 1. The lowest BCUT2D eigenvalue weighted by Gasteiger charge is -2.32. The molecule has 118 valence electrons. The maximum Gasteiger partial charge on any atom is 0.411 e. The molecule has 4 heteroatoms. The topological polar surface area (TPSA) is 41.6 Å². The second-order valence-electron chi connectivity index (χ2n) is 6.32. The molecule has 1 N–H and O–H groups in total. The zero-order valence-corrected chi connectivity index (χ0v) is 13.2. The molecule has 0 aromatic heterocycles. The van der Waals surface area contributed by atoms with E-state index in [1.807, 2.05) is 17.0 Å². The predicted octanol–water partition coefficient (Wildman–Crippen LogP) is 3.39. The Morgan fingerprint density at radius 3 is 2.74 bits per heavy atom. The fourth-order valence-corrected chi connectivity index (χ4v) is 4.13. The van der Waals surface area contributed by atoms with Crippen molar-refractivity contribution in [2.45, 2.75) is 24.4 Å². The molecule has 1 fully saturated rings. The maximum absolute atomic E-state index is 12.2. The Hall–Kier alpha value is -2.49. The van der Waals surface area contributed by atoms with Crippen molar-refractivity contribution >= 4 is 11.8 Å². The van der Waals surface area contributed by atoms with Gasteiger partial charge in [0.2, 0.25) is 0 Å². The number of benzene rings is 2. The number of carbonyl (C=O) groups excluding carboxylic acids is 1. The summed E-state index contributed by atoms with van der Waals surface area (Å²) in [5, 5.41) is 3.55. The van der Waals surface area contributed by atoms with Crippen LogP contribution in [0.15, 0.2) is 54.6 Å². The average Bonchev–Trinajstić information content (AvgIpc) is 3.09. The number of hydrogen-bond acceptors (Lipinski definition) is 3. The minimum Gasteiger partial charge on any atom is -0.453 e. The monoisotopic (exact) mass is 308 g/mol. The second-order valence-corrected chi connectivity index (χ2v) is 6.32. The van der Waals surface area contributed by atoms with Gasteiger partial charge in [0.1, 0.15) is 6.17 Å². The lowest BCUT2D eigenvalue weighted by molar-refractivity contribution is 0.118. The van der Waals surface area contributed by atoms with Crippen LogP contribution in [0.2, 0.25) is 0 Å². The minimum absolute atomic E-state index is 0.0486. The number of fused-ring (bicyclic) bond motifs is 3. The van der Waals surface area contributed by atoms with Crippen LogP contribution in [0.5, 0.6) is 0 Å². The lowest BCUT2D eigenvalue weighted by Crippen LogP contribution is -2.47. The third-order valence-corrected chi connectivity index (χ3v) is 5.16. The van der Waals surface area contributed by atoms with E-state index in [0.29, 0.717) is 6.54 Å². The SMILES string of the molecule is COC(=O)N1CC[C@@]2(Cc3ccccc3)c3ccccc3N[C@@H]12. The normalized spacial score (nSPS) is 24.7. The highest BCUT2D eigenvalue weighted by molar-refractivity contribution is 5.73. The van der Waals surface area contributed by atoms with Gasteiger partial charge in [0, 0.05) is 17.6 Å². The van der Waals surface area contributed by atoms with Crippen molar-refractivity contribution < 1.29 is 9.53 Å². The van der Waals surface area contributed by atoms with Gasteiger partial charge in [-0.25, -0.2) is 4.79 Å². The fourth-order valence-electron chi connectivity index (χ4n) is 4.13. The van der Waals surface area contributed by atoms with Crippen molar-refractivity contribution in [2.24, 2.45) is 0 Å². The van der Waals surface area contributed by atoms with Gasteiger partial charge in [0.05, 0.1) is 7.11 Å². The summed E-state index contributed by atoms with van der Waals surface area (Å²) in [5.41, 5.74) is 3.64. The first-order chi connectivity index (χ1) is 11.2. The Kier molecular flexibility index (Phi) is 3.26. The van der Waals surface area contributed by atoms with Crippen molar-refractivity contribution in [3.63, 3.8) is 0 Å². The summed E-state index contributed by atoms with van der Waals surface area (Å²) in [6, 6.07) is 18.9. The van der Waals surface area contributed by atoms with Gasteiger partial charge in [-0.3, -0.25) is 4.90 Å². The molecule has 1 amide bonds. The van der Waals surface area contributed by atoms with E-state index >= 15 is 0 Å². The minimum atomic E-state index is -0.259. The molecule has 0 saturated carbocycles. The van der Waals surface area contributed by atoms with Crippen molar-refractivity contribution in [1.82, 2.24) is 4.90 Å². The van der Waals surface area contributed by atoms with Crippen LogP contribution in [-0.4, -0.2) is 30.8 Å². The molecule has 0 aliphatic carbocycles. The maximum atomic E-state index is 12.2. The molecular formula is C19H20N2O2. The highest BCUT2D eigenvalue weighted by Gasteiger charge is 2.55. The van der Waals surface area contributed by atoms with E-state index in [4.69, 9.17) is 4.74 Å². The number of para-hydroxylation sites is 1. The number of nitrogens with zero attached hydrogens (tertiary/aromatic N) is 1. The highest BCUT2D eigenvalue weighted by atomic mass is 16.5. The van der Waals surface area contributed by atoms with Crippen molar-refractivity contribution in [2.75, 3.05) is 19.0 Å². The third-order valence-electron chi connectivity index (χ3n) is 5.16. The number of amides is 1. The summed E-state index contributed by atoms with van der Waals surface area (Å²) in [5.74, 6) is 0. The van der Waals surface area contributed by atoms with E-state index in [1.54, 1.807) is 0 Å². The number of methoxy groups -OCH3 is 1. The molecule has 2 aromatic carbocycles. The van der Waals surface area contributed by atoms with Gasteiger partial charge < -0.3 is 10.1 Å². The molecule has 4 rings (SSSR count). The molecule has 2 aliphatic heterocycles. The Morgan fingerprint density at radius 1 is 1.22 bits per heavy atom. The van der Waals surface area contributed by atoms with E-state index in [1.165, 1.54) is 18.2 Å². The summed E-state index contributed by atoms with van der Waals surface area (Å²) in [6.45, 7) is 0.714. The predicted molar refractivity (Wildman–Crippen MR) is 89.4 cm³/mol. The smallest absolute Gasteiger partial charge is 0.411 e. The van der Waals surface area contributed by atoms with Crippen LogP contribution in [0.3, 0.4) is 0 Å². The number of anilines is 1. The van der Waals surface area contributed by atoms with Crippen LogP contribution in [0.25, 0.3) is 0 Å². The Labute approximate surface area is 136 Å². The van der Waals surface area contributed by atoms with E-state index < -0.39 is 0 Å². The van der Waals surface area contributed by atoms with Gasteiger partial charge in [-0.2, -0.15) is 0 Å². The molecule has 0 spiro atoms. The van der Waals surface area contributed by atoms with Gasteiger partial charge in [-0.15, -0.1) is 0 Å². The molecule has 23 heavy (non-hydrogen) atoms. The number of ether oxygens (including phenoxy) is 1. The zero-order chi connectivity index (χ0) is 15.9. The third kappa shape index (κ3) is 2.09. The average molecular weight is 308 g/mol. The first-order valence-corrected chi connectivity index (χ1v) is 7.99. The molecule has 0 radical (unpaired) electrons. The quantitative estimate of drug-likeness (QED) is 0.924.